The van der Waals surface area contributed by atoms with Crippen LogP contribution in [0.1, 0.15) is 48.5 Å². The molecule has 6 heteroatoms. The largest absolute Gasteiger partial charge is 0.463 e. The summed E-state index contributed by atoms with van der Waals surface area (Å²) < 4.78 is 9.97. The van der Waals surface area contributed by atoms with Crippen molar-refractivity contribution in [2.24, 2.45) is 0 Å². The quantitative estimate of drug-likeness (QED) is 0.738. The highest BCUT2D eigenvalue weighted by Crippen LogP contribution is 2.19. The first-order valence-electron chi connectivity index (χ1n) is 6.81. The monoisotopic (exact) mass is 280 g/mol. The maximum Gasteiger partial charge on any atom is 0.373 e. The molecule has 1 aromatic heterocycles. The standard InChI is InChI=1S/C14H20N2O4/c1-9(11-5-6-12(20-11)14(18)19-2)15-8-7-13(17)16-10-3-4-10/h5-6,9-10,15H,3-4,7-8H2,1-2H3,(H,16,17). The molecule has 1 aliphatic rings. The van der Waals surface area contributed by atoms with Gasteiger partial charge < -0.3 is 19.8 Å². The molecule has 1 aliphatic carbocycles. The molecule has 6 nitrogen and oxygen atoms in total. The third-order valence-electron chi connectivity index (χ3n) is 3.19. The summed E-state index contributed by atoms with van der Waals surface area (Å²) in [6, 6.07) is 3.64. The lowest BCUT2D eigenvalue weighted by atomic mass is 10.2. The van der Waals surface area contributed by atoms with E-state index in [-0.39, 0.29) is 17.7 Å². The van der Waals surface area contributed by atoms with Gasteiger partial charge in [-0.05, 0) is 31.9 Å². The summed E-state index contributed by atoms with van der Waals surface area (Å²) in [5.74, 6) is 0.407. The number of hydrogen-bond donors (Lipinski definition) is 2. The van der Waals surface area contributed by atoms with Crippen molar-refractivity contribution in [3.63, 3.8) is 0 Å². The van der Waals surface area contributed by atoms with Gasteiger partial charge in [-0.3, -0.25) is 4.79 Å². The van der Waals surface area contributed by atoms with Crippen molar-refractivity contribution < 1.29 is 18.7 Å². The molecule has 1 heterocycles. The van der Waals surface area contributed by atoms with Gasteiger partial charge in [-0.25, -0.2) is 4.79 Å². The van der Waals surface area contributed by atoms with Crippen LogP contribution in [0.25, 0.3) is 0 Å². The van der Waals surface area contributed by atoms with Crippen molar-refractivity contribution in [2.45, 2.75) is 38.3 Å². The predicted molar refractivity (Wildman–Crippen MR) is 72.2 cm³/mol. The lowest BCUT2D eigenvalue weighted by molar-refractivity contribution is -0.121. The third-order valence-corrected chi connectivity index (χ3v) is 3.19. The van der Waals surface area contributed by atoms with Crippen LogP contribution < -0.4 is 10.6 Å². The van der Waals surface area contributed by atoms with E-state index in [9.17, 15) is 9.59 Å². The van der Waals surface area contributed by atoms with E-state index < -0.39 is 5.97 Å². The summed E-state index contributed by atoms with van der Waals surface area (Å²) >= 11 is 0. The number of hydrogen-bond acceptors (Lipinski definition) is 5. The van der Waals surface area contributed by atoms with Crippen molar-refractivity contribution in [3.8, 4) is 0 Å². The molecule has 2 rings (SSSR count). The molecular formula is C14H20N2O4. The van der Waals surface area contributed by atoms with Gasteiger partial charge >= 0.3 is 5.97 Å². The predicted octanol–water partition coefficient (Wildman–Crippen LogP) is 1.39. The molecule has 0 bridgehead atoms. The Bertz CT molecular complexity index is 479. The highest BCUT2D eigenvalue weighted by atomic mass is 16.5. The molecule has 110 valence electrons. The van der Waals surface area contributed by atoms with Crippen LogP contribution in [0.15, 0.2) is 16.5 Å². The van der Waals surface area contributed by atoms with E-state index in [2.05, 4.69) is 15.4 Å². The van der Waals surface area contributed by atoms with Gasteiger partial charge in [-0.1, -0.05) is 0 Å². The van der Waals surface area contributed by atoms with E-state index >= 15 is 0 Å². The molecule has 1 saturated carbocycles. The Morgan fingerprint density at radius 1 is 1.45 bits per heavy atom. The van der Waals surface area contributed by atoms with Crippen LogP contribution in [0.5, 0.6) is 0 Å². The second-order valence-electron chi connectivity index (χ2n) is 4.96. The van der Waals surface area contributed by atoms with Gasteiger partial charge in [0.15, 0.2) is 0 Å². The normalized spacial score (nSPS) is 15.7. The molecule has 1 atom stereocenters. The van der Waals surface area contributed by atoms with E-state index in [1.54, 1.807) is 12.1 Å². The van der Waals surface area contributed by atoms with Crippen LogP contribution in [-0.2, 0) is 9.53 Å². The van der Waals surface area contributed by atoms with E-state index in [1.807, 2.05) is 6.92 Å². The second kappa shape index (κ2) is 6.56. The Kier molecular flexibility index (Phi) is 4.79. The minimum Gasteiger partial charge on any atom is -0.463 e. The molecule has 0 radical (unpaired) electrons. The van der Waals surface area contributed by atoms with E-state index in [1.165, 1.54) is 7.11 Å². The Morgan fingerprint density at radius 2 is 2.20 bits per heavy atom. The number of methoxy groups -OCH3 is 1. The SMILES string of the molecule is COC(=O)c1ccc(C(C)NCCC(=O)NC2CC2)o1. The second-order valence-corrected chi connectivity index (χ2v) is 4.96. The molecule has 0 spiro atoms. The zero-order chi connectivity index (χ0) is 14.5. The number of nitrogens with one attached hydrogen (secondary N) is 2. The van der Waals surface area contributed by atoms with Crippen LogP contribution in [0, 0.1) is 0 Å². The van der Waals surface area contributed by atoms with E-state index in [4.69, 9.17) is 4.42 Å². The number of amides is 1. The molecule has 0 saturated heterocycles. The van der Waals surface area contributed by atoms with Gasteiger partial charge in [-0.15, -0.1) is 0 Å². The van der Waals surface area contributed by atoms with Crippen molar-refractivity contribution >= 4 is 11.9 Å². The van der Waals surface area contributed by atoms with Crippen molar-refractivity contribution in [2.75, 3.05) is 13.7 Å². The van der Waals surface area contributed by atoms with Gasteiger partial charge in [0.2, 0.25) is 11.7 Å². The highest BCUT2D eigenvalue weighted by molar-refractivity contribution is 5.86. The summed E-state index contributed by atoms with van der Waals surface area (Å²) in [4.78, 5) is 22.8. The molecule has 0 aliphatic heterocycles. The smallest absolute Gasteiger partial charge is 0.373 e. The van der Waals surface area contributed by atoms with Crippen molar-refractivity contribution in [3.05, 3.63) is 23.7 Å². The number of furan rings is 1. The fourth-order valence-electron chi connectivity index (χ4n) is 1.83. The Balaban J connectivity index is 1.73. The first-order valence-corrected chi connectivity index (χ1v) is 6.81. The first-order chi connectivity index (χ1) is 9.60. The number of esters is 1. The van der Waals surface area contributed by atoms with Gasteiger partial charge in [0.25, 0.3) is 0 Å². The van der Waals surface area contributed by atoms with E-state index in [0.29, 0.717) is 24.8 Å². The third kappa shape index (κ3) is 4.09. The average molecular weight is 280 g/mol. The minimum absolute atomic E-state index is 0.0675. The maximum absolute atomic E-state index is 11.5. The van der Waals surface area contributed by atoms with Crippen LogP contribution in [0.2, 0.25) is 0 Å². The lowest BCUT2D eigenvalue weighted by Crippen LogP contribution is -2.30. The molecule has 1 amide bonds. The summed E-state index contributed by atoms with van der Waals surface area (Å²) in [6.45, 7) is 2.48. The van der Waals surface area contributed by atoms with E-state index in [0.717, 1.165) is 12.8 Å². The number of carbonyl (C=O) groups excluding carboxylic acids is 2. The first kappa shape index (κ1) is 14.6. The zero-order valence-corrected chi connectivity index (χ0v) is 11.8. The fourth-order valence-corrected chi connectivity index (χ4v) is 1.83. The average Bonchev–Trinajstić information content (AvgIpc) is 3.09. The summed E-state index contributed by atoms with van der Waals surface area (Å²) in [5, 5.41) is 6.12. The molecule has 1 fully saturated rings. The maximum atomic E-state index is 11.5. The number of carbonyl (C=O) groups is 2. The Morgan fingerprint density at radius 3 is 2.85 bits per heavy atom. The van der Waals surface area contributed by atoms with Crippen LogP contribution in [-0.4, -0.2) is 31.6 Å². The molecular weight excluding hydrogens is 260 g/mol. The van der Waals surface area contributed by atoms with Gasteiger partial charge in [0, 0.05) is 19.0 Å². The topological polar surface area (TPSA) is 80.6 Å². The highest BCUT2D eigenvalue weighted by Gasteiger charge is 2.23. The minimum atomic E-state index is -0.493. The van der Waals surface area contributed by atoms with Gasteiger partial charge in [-0.2, -0.15) is 0 Å². The van der Waals surface area contributed by atoms with Gasteiger partial charge in [0.1, 0.15) is 5.76 Å². The van der Waals surface area contributed by atoms with Crippen molar-refractivity contribution in [1.29, 1.82) is 0 Å². The summed E-state index contributed by atoms with van der Waals surface area (Å²) in [5.41, 5.74) is 0. The molecule has 2 N–H and O–H groups in total. The Hall–Kier alpha value is -1.82. The molecule has 20 heavy (non-hydrogen) atoms. The molecule has 0 aromatic carbocycles. The fraction of sp³-hybridized carbons (Fsp3) is 0.571. The lowest BCUT2D eigenvalue weighted by Gasteiger charge is -2.11. The van der Waals surface area contributed by atoms with Gasteiger partial charge in [0.05, 0.1) is 13.2 Å². The molecule has 1 unspecified atom stereocenters. The Labute approximate surface area is 117 Å². The molecule has 1 aromatic rings. The zero-order valence-electron chi connectivity index (χ0n) is 11.8. The number of ether oxygens (including phenoxy) is 1. The van der Waals surface area contributed by atoms with Crippen LogP contribution >= 0.6 is 0 Å². The van der Waals surface area contributed by atoms with Crippen LogP contribution in [0.3, 0.4) is 0 Å². The van der Waals surface area contributed by atoms with Crippen LogP contribution in [0.4, 0.5) is 0 Å². The summed E-state index contributed by atoms with van der Waals surface area (Å²) in [6.07, 6.45) is 2.63. The van der Waals surface area contributed by atoms with Crippen molar-refractivity contribution in [1.82, 2.24) is 10.6 Å². The summed E-state index contributed by atoms with van der Waals surface area (Å²) in [7, 11) is 1.31. The number of rotatable bonds is 7.